The van der Waals surface area contributed by atoms with Crippen LogP contribution in [0.1, 0.15) is 17.7 Å². The Kier molecular flexibility index (Phi) is 3.58. The number of halogens is 4. The summed E-state index contributed by atoms with van der Waals surface area (Å²) >= 11 is 8.53. The molecule has 0 saturated heterocycles. The van der Waals surface area contributed by atoms with Crippen LogP contribution in [0.3, 0.4) is 0 Å². The molecule has 0 aromatic carbocycles. The van der Waals surface area contributed by atoms with Crippen LogP contribution in [0.25, 0.3) is 0 Å². The van der Waals surface area contributed by atoms with E-state index in [9.17, 15) is 8.78 Å². The van der Waals surface area contributed by atoms with Crippen molar-refractivity contribution in [3.05, 3.63) is 26.9 Å². The van der Waals surface area contributed by atoms with Gasteiger partial charge in [0.2, 0.25) is 0 Å². The topological polar surface area (TPSA) is 33.1 Å². The standard InChI is InChI=1S/C7H5BrClF2NO/c8-6-4(9)1-3(7(10)11)5(2-13)12-6/h1,7,13H,2H2. The number of nitrogens with zero attached hydrogens (tertiary/aromatic N) is 1. The SMILES string of the molecule is OCc1nc(Br)c(Cl)cc1C(F)F. The quantitative estimate of drug-likeness (QED) is 0.840. The summed E-state index contributed by atoms with van der Waals surface area (Å²) < 4.78 is 24.9. The van der Waals surface area contributed by atoms with Gasteiger partial charge in [-0.3, -0.25) is 0 Å². The molecule has 13 heavy (non-hydrogen) atoms. The maximum Gasteiger partial charge on any atom is 0.265 e. The molecule has 6 heteroatoms. The van der Waals surface area contributed by atoms with Gasteiger partial charge >= 0.3 is 0 Å². The lowest BCUT2D eigenvalue weighted by Crippen LogP contribution is -1.99. The predicted molar refractivity (Wildman–Crippen MR) is 47.8 cm³/mol. The summed E-state index contributed by atoms with van der Waals surface area (Å²) in [5, 5.41) is 8.83. The van der Waals surface area contributed by atoms with E-state index in [4.69, 9.17) is 16.7 Å². The number of aliphatic hydroxyl groups excluding tert-OH is 1. The first-order chi connectivity index (χ1) is 6.06. The molecule has 0 amide bonds. The molecule has 72 valence electrons. The highest BCUT2D eigenvalue weighted by Crippen LogP contribution is 2.29. The number of rotatable bonds is 2. The van der Waals surface area contributed by atoms with Gasteiger partial charge in [-0.1, -0.05) is 11.6 Å². The summed E-state index contributed by atoms with van der Waals surface area (Å²) in [6.45, 7) is -0.532. The van der Waals surface area contributed by atoms with Crippen molar-refractivity contribution in [2.45, 2.75) is 13.0 Å². The highest BCUT2D eigenvalue weighted by molar-refractivity contribution is 9.10. The Morgan fingerprint density at radius 1 is 1.62 bits per heavy atom. The number of hydrogen-bond donors (Lipinski definition) is 1. The molecule has 0 atom stereocenters. The highest BCUT2D eigenvalue weighted by atomic mass is 79.9. The van der Waals surface area contributed by atoms with E-state index in [0.29, 0.717) is 0 Å². The van der Waals surface area contributed by atoms with Gasteiger partial charge in [-0.25, -0.2) is 13.8 Å². The Morgan fingerprint density at radius 3 is 2.69 bits per heavy atom. The molecule has 0 aliphatic rings. The molecule has 0 spiro atoms. The van der Waals surface area contributed by atoms with E-state index in [2.05, 4.69) is 20.9 Å². The van der Waals surface area contributed by atoms with Gasteiger partial charge in [-0.15, -0.1) is 0 Å². The third-order valence-corrected chi connectivity index (χ3v) is 2.55. The number of alkyl halides is 2. The summed E-state index contributed by atoms with van der Waals surface area (Å²) in [4.78, 5) is 3.67. The number of hydrogen-bond acceptors (Lipinski definition) is 2. The van der Waals surface area contributed by atoms with E-state index >= 15 is 0 Å². The molecule has 0 aliphatic heterocycles. The molecule has 0 radical (unpaired) electrons. The zero-order chi connectivity index (χ0) is 10.0. The molecule has 0 aliphatic carbocycles. The first-order valence-corrected chi connectivity index (χ1v) is 4.47. The summed E-state index contributed by atoms with van der Waals surface area (Å²) in [7, 11) is 0. The molecule has 0 bridgehead atoms. The van der Waals surface area contributed by atoms with Crippen LogP contribution in [0, 0.1) is 0 Å². The molecular weight excluding hydrogens is 267 g/mol. The minimum atomic E-state index is -2.68. The lowest BCUT2D eigenvalue weighted by atomic mass is 10.2. The van der Waals surface area contributed by atoms with Crippen LogP contribution in [0.15, 0.2) is 10.7 Å². The fourth-order valence-corrected chi connectivity index (χ4v) is 1.32. The van der Waals surface area contributed by atoms with Crippen molar-refractivity contribution in [1.29, 1.82) is 0 Å². The first kappa shape index (κ1) is 10.8. The second-order valence-electron chi connectivity index (χ2n) is 2.26. The van der Waals surface area contributed by atoms with Crippen LogP contribution in [0.4, 0.5) is 8.78 Å². The van der Waals surface area contributed by atoms with Gasteiger partial charge in [-0.2, -0.15) is 0 Å². The molecule has 1 aromatic heterocycles. The van der Waals surface area contributed by atoms with Crippen molar-refractivity contribution in [3.8, 4) is 0 Å². The fraction of sp³-hybridized carbons (Fsp3) is 0.286. The first-order valence-electron chi connectivity index (χ1n) is 3.30. The Morgan fingerprint density at radius 2 is 2.23 bits per heavy atom. The van der Waals surface area contributed by atoms with E-state index < -0.39 is 13.0 Å². The van der Waals surface area contributed by atoms with Gasteiger partial charge in [0.15, 0.2) is 0 Å². The van der Waals surface area contributed by atoms with E-state index in [-0.39, 0.29) is 20.9 Å². The summed E-state index contributed by atoms with van der Waals surface area (Å²) in [6.07, 6.45) is -2.68. The minimum absolute atomic E-state index is 0.0636. The normalized spacial score (nSPS) is 10.9. The van der Waals surface area contributed by atoms with E-state index in [1.54, 1.807) is 0 Å². The van der Waals surface area contributed by atoms with Crippen molar-refractivity contribution < 1.29 is 13.9 Å². The smallest absolute Gasteiger partial charge is 0.265 e. The number of pyridine rings is 1. The predicted octanol–water partition coefficient (Wildman–Crippen LogP) is 2.93. The van der Waals surface area contributed by atoms with E-state index in [1.165, 1.54) is 0 Å². The Hall–Kier alpha value is -0.260. The average molecular weight is 272 g/mol. The molecular formula is C7H5BrClF2NO. The van der Waals surface area contributed by atoms with Crippen LogP contribution in [0.2, 0.25) is 5.02 Å². The van der Waals surface area contributed by atoms with Gasteiger partial charge in [0.1, 0.15) is 4.60 Å². The largest absolute Gasteiger partial charge is 0.390 e. The Bertz CT molecular complexity index is 322. The Labute approximate surface area is 86.7 Å². The van der Waals surface area contributed by atoms with Crippen molar-refractivity contribution in [2.24, 2.45) is 0 Å². The van der Waals surface area contributed by atoms with Crippen molar-refractivity contribution in [3.63, 3.8) is 0 Å². The lowest BCUT2D eigenvalue weighted by molar-refractivity contribution is 0.146. The van der Waals surface area contributed by atoms with Gasteiger partial charge in [0.25, 0.3) is 6.43 Å². The Balaban J connectivity index is 3.25. The average Bonchev–Trinajstić information content (AvgIpc) is 2.08. The molecule has 0 saturated carbocycles. The highest BCUT2D eigenvalue weighted by Gasteiger charge is 2.16. The van der Waals surface area contributed by atoms with Gasteiger partial charge in [0.05, 0.1) is 17.3 Å². The molecule has 1 aromatic rings. The van der Waals surface area contributed by atoms with Crippen LogP contribution >= 0.6 is 27.5 Å². The second kappa shape index (κ2) is 4.30. The summed E-state index contributed by atoms with van der Waals surface area (Å²) in [5.74, 6) is 0. The summed E-state index contributed by atoms with van der Waals surface area (Å²) in [5.41, 5.74) is -0.401. The van der Waals surface area contributed by atoms with Crippen molar-refractivity contribution >= 4 is 27.5 Å². The zero-order valence-electron chi connectivity index (χ0n) is 6.27. The molecule has 1 heterocycles. The molecule has 2 nitrogen and oxygen atoms in total. The van der Waals surface area contributed by atoms with Gasteiger partial charge < -0.3 is 5.11 Å². The summed E-state index contributed by atoms with van der Waals surface area (Å²) in [6, 6.07) is 1.09. The zero-order valence-corrected chi connectivity index (χ0v) is 8.61. The van der Waals surface area contributed by atoms with Gasteiger partial charge in [-0.05, 0) is 22.0 Å². The van der Waals surface area contributed by atoms with Gasteiger partial charge in [0, 0.05) is 5.56 Å². The van der Waals surface area contributed by atoms with Crippen LogP contribution in [0.5, 0.6) is 0 Å². The van der Waals surface area contributed by atoms with E-state index in [0.717, 1.165) is 6.07 Å². The molecule has 1 rings (SSSR count). The monoisotopic (exact) mass is 271 g/mol. The molecule has 1 N–H and O–H groups in total. The van der Waals surface area contributed by atoms with Crippen LogP contribution in [-0.4, -0.2) is 10.1 Å². The molecule has 0 unspecified atom stereocenters. The number of aliphatic hydroxyl groups is 1. The number of aromatic nitrogens is 1. The lowest BCUT2D eigenvalue weighted by Gasteiger charge is -2.06. The third kappa shape index (κ3) is 2.36. The second-order valence-corrected chi connectivity index (χ2v) is 3.41. The van der Waals surface area contributed by atoms with Crippen LogP contribution < -0.4 is 0 Å². The maximum atomic E-state index is 12.3. The maximum absolute atomic E-state index is 12.3. The minimum Gasteiger partial charge on any atom is -0.390 e. The van der Waals surface area contributed by atoms with Crippen molar-refractivity contribution in [2.75, 3.05) is 0 Å². The van der Waals surface area contributed by atoms with E-state index in [1.807, 2.05) is 0 Å². The third-order valence-electron chi connectivity index (χ3n) is 1.43. The van der Waals surface area contributed by atoms with Crippen molar-refractivity contribution in [1.82, 2.24) is 4.98 Å². The fourth-order valence-electron chi connectivity index (χ4n) is 0.831. The van der Waals surface area contributed by atoms with Crippen LogP contribution in [-0.2, 0) is 6.61 Å². The molecule has 0 fully saturated rings.